The normalized spacial score (nSPS) is 18.6. The summed E-state index contributed by atoms with van der Waals surface area (Å²) in [5.74, 6) is 0.187. The van der Waals surface area contributed by atoms with Crippen LogP contribution >= 0.6 is 0 Å². The second-order valence-electron chi connectivity index (χ2n) is 8.66. The Bertz CT molecular complexity index is 693. The van der Waals surface area contributed by atoms with Crippen LogP contribution in [0.3, 0.4) is 0 Å². The summed E-state index contributed by atoms with van der Waals surface area (Å²) < 4.78 is 0. The topological polar surface area (TPSA) is 70.5 Å². The molecule has 5 nitrogen and oxygen atoms in total. The molecule has 0 unspecified atom stereocenters. The number of carbonyl (C=O) groups is 2. The van der Waals surface area contributed by atoms with Crippen molar-refractivity contribution >= 4 is 11.7 Å². The Morgan fingerprint density at radius 1 is 1.11 bits per heavy atom. The Balaban J connectivity index is 1.32. The zero-order valence-electron chi connectivity index (χ0n) is 17.2. The van der Waals surface area contributed by atoms with E-state index in [1.165, 1.54) is 43.1 Å². The standard InChI is InChI=1S/C23H34N2O3/c1-18(26)17-23(28)13-15-25(16-14-23)22(27)10-4-2-3-8-20-12-11-19-7-5-6-9-21(19)24-20/h11-12,28H,2-10,13-17H2,1H3. The van der Waals surface area contributed by atoms with Crippen molar-refractivity contribution in [3.05, 3.63) is 29.1 Å². The molecular weight excluding hydrogens is 352 g/mol. The summed E-state index contributed by atoms with van der Waals surface area (Å²) in [6, 6.07) is 4.43. The van der Waals surface area contributed by atoms with Crippen molar-refractivity contribution < 1.29 is 14.7 Å². The van der Waals surface area contributed by atoms with Crippen LogP contribution < -0.4 is 0 Å². The van der Waals surface area contributed by atoms with E-state index < -0.39 is 5.60 Å². The fourth-order valence-corrected chi connectivity index (χ4v) is 4.50. The van der Waals surface area contributed by atoms with Crippen LogP contribution in [0.15, 0.2) is 12.1 Å². The van der Waals surface area contributed by atoms with Gasteiger partial charge >= 0.3 is 0 Å². The van der Waals surface area contributed by atoms with Crippen LogP contribution in [0.5, 0.6) is 0 Å². The molecule has 1 N–H and O–H groups in total. The smallest absolute Gasteiger partial charge is 0.222 e. The molecule has 154 valence electrons. The average Bonchev–Trinajstić information content (AvgIpc) is 2.67. The SMILES string of the molecule is CC(=O)CC1(O)CCN(C(=O)CCCCCc2ccc3c(n2)CCCC3)CC1. The number of nitrogens with zero attached hydrogens (tertiary/aromatic N) is 2. The monoisotopic (exact) mass is 386 g/mol. The van der Waals surface area contributed by atoms with Gasteiger partial charge in [0.15, 0.2) is 0 Å². The summed E-state index contributed by atoms with van der Waals surface area (Å²) in [7, 11) is 0. The number of aromatic nitrogens is 1. The third kappa shape index (κ3) is 5.87. The highest BCUT2D eigenvalue weighted by Crippen LogP contribution is 2.26. The van der Waals surface area contributed by atoms with Crippen molar-refractivity contribution in [1.82, 2.24) is 9.88 Å². The van der Waals surface area contributed by atoms with Gasteiger partial charge in [-0.1, -0.05) is 12.5 Å². The van der Waals surface area contributed by atoms with E-state index in [0.29, 0.717) is 32.4 Å². The molecule has 0 radical (unpaired) electrons. The number of amides is 1. The summed E-state index contributed by atoms with van der Waals surface area (Å²) in [6.45, 7) is 2.62. The number of Topliss-reactive ketones (excluding diaryl/α,β-unsaturated/α-hetero) is 1. The second-order valence-corrected chi connectivity index (χ2v) is 8.66. The molecule has 2 heterocycles. The molecule has 1 aromatic heterocycles. The van der Waals surface area contributed by atoms with Gasteiger partial charge in [0.2, 0.25) is 5.91 Å². The number of carbonyl (C=O) groups excluding carboxylic acids is 2. The van der Waals surface area contributed by atoms with Gasteiger partial charge in [0.25, 0.3) is 0 Å². The van der Waals surface area contributed by atoms with Gasteiger partial charge < -0.3 is 10.0 Å². The van der Waals surface area contributed by atoms with E-state index >= 15 is 0 Å². The maximum absolute atomic E-state index is 12.4. The number of ketones is 1. The van der Waals surface area contributed by atoms with Crippen LogP contribution in [0.2, 0.25) is 0 Å². The molecule has 1 aromatic rings. The lowest BCUT2D eigenvalue weighted by atomic mass is 9.87. The molecule has 0 saturated carbocycles. The first-order valence-corrected chi connectivity index (χ1v) is 10.9. The predicted octanol–water partition coefficient (Wildman–Crippen LogP) is 3.40. The van der Waals surface area contributed by atoms with Gasteiger partial charge in [0.1, 0.15) is 5.78 Å². The molecule has 0 spiro atoms. The van der Waals surface area contributed by atoms with Crippen LogP contribution in [0.1, 0.15) is 81.7 Å². The number of aliphatic hydroxyl groups is 1. The van der Waals surface area contributed by atoms with E-state index in [-0.39, 0.29) is 18.1 Å². The lowest BCUT2D eigenvalue weighted by Gasteiger charge is -2.37. The van der Waals surface area contributed by atoms with E-state index in [4.69, 9.17) is 4.98 Å². The minimum atomic E-state index is -0.912. The van der Waals surface area contributed by atoms with Crippen molar-refractivity contribution in [3.8, 4) is 0 Å². The Hall–Kier alpha value is -1.75. The number of rotatable bonds is 8. The highest BCUT2D eigenvalue weighted by Gasteiger charge is 2.34. The molecule has 1 aliphatic carbocycles. The third-order valence-corrected chi connectivity index (χ3v) is 6.18. The number of hydrogen-bond acceptors (Lipinski definition) is 4. The van der Waals surface area contributed by atoms with Crippen molar-refractivity contribution in [2.45, 2.75) is 89.6 Å². The number of piperidine rings is 1. The third-order valence-electron chi connectivity index (χ3n) is 6.18. The number of aryl methyl sites for hydroxylation is 3. The van der Waals surface area contributed by atoms with Crippen molar-refractivity contribution in [1.29, 1.82) is 0 Å². The zero-order valence-corrected chi connectivity index (χ0v) is 17.2. The molecule has 1 fully saturated rings. The van der Waals surface area contributed by atoms with Crippen LogP contribution in [0, 0.1) is 0 Å². The first-order valence-electron chi connectivity index (χ1n) is 10.9. The largest absolute Gasteiger partial charge is 0.389 e. The minimum absolute atomic E-state index is 0.00990. The first-order chi connectivity index (χ1) is 13.5. The van der Waals surface area contributed by atoms with Crippen LogP contribution in [0.25, 0.3) is 0 Å². The van der Waals surface area contributed by atoms with E-state index in [2.05, 4.69) is 12.1 Å². The Kier molecular flexibility index (Phi) is 7.22. The van der Waals surface area contributed by atoms with Crippen molar-refractivity contribution in [2.24, 2.45) is 0 Å². The highest BCUT2D eigenvalue weighted by molar-refractivity contribution is 5.77. The molecule has 3 rings (SSSR count). The van der Waals surface area contributed by atoms with Crippen LogP contribution in [0.4, 0.5) is 0 Å². The summed E-state index contributed by atoms with van der Waals surface area (Å²) in [5.41, 5.74) is 3.00. The van der Waals surface area contributed by atoms with Crippen LogP contribution in [-0.4, -0.2) is 45.4 Å². The lowest BCUT2D eigenvalue weighted by Crippen LogP contribution is -2.47. The lowest BCUT2D eigenvalue weighted by molar-refractivity contribution is -0.136. The maximum Gasteiger partial charge on any atom is 0.222 e. The molecule has 1 saturated heterocycles. The second kappa shape index (κ2) is 9.64. The van der Waals surface area contributed by atoms with Gasteiger partial charge in [-0.05, 0) is 76.3 Å². The van der Waals surface area contributed by atoms with Gasteiger partial charge in [-0.25, -0.2) is 0 Å². The Labute approximate surface area is 168 Å². The molecule has 0 atom stereocenters. The molecule has 28 heavy (non-hydrogen) atoms. The number of pyridine rings is 1. The molecule has 0 aromatic carbocycles. The van der Waals surface area contributed by atoms with Gasteiger partial charge in [0.05, 0.1) is 5.60 Å². The Morgan fingerprint density at radius 2 is 1.86 bits per heavy atom. The number of hydrogen-bond donors (Lipinski definition) is 1. The Morgan fingerprint density at radius 3 is 2.61 bits per heavy atom. The number of fused-ring (bicyclic) bond motifs is 1. The van der Waals surface area contributed by atoms with E-state index in [9.17, 15) is 14.7 Å². The average molecular weight is 387 g/mol. The zero-order chi connectivity index (χ0) is 20.0. The summed E-state index contributed by atoms with van der Waals surface area (Å²) in [6.07, 6.45) is 10.6. The minimum Gasteiger partial charge on any atom is -0.389 e. The number of likely N-dealkylation sites (tertiary alicyclic amines) is 1. The molecular formula is C23H34N2O3. The molecule has 5 heteroatoms. The van der Waals surface area contributed by atoms with Gasteiger partial charge in [-0.15, -0.1) is 0 Å². The highest BCUT2D eigenvalue weighted by atomic mass is 16.3. The molecule has 0 bridgehead atoms. The van der Waals surface area contributed by atoms with Gasteiger partial charge in [-0.3, -0.25) is 14.6 Å². The fourth-order valence-electron chi connectivity index (χ4n) is 4.50. The van der Waals surface area contributed by atoms with Crippen molar-refractivity contribution in [3.63, 3.8) is 0 Å². The first kappa shape index (κ1) is 21.0. The van der Waals surface area contributed by atoms with Gasteiger partial charge in [0, 0.05) is 37.3 Å². The predicted molar refractivity (Wildman–Crippen MR) is 109 cm³/mol. The maximum atomic E-state index is 12.4. The van der Waals surface area contributed by atoms with E-state index in [0.717, 1.165) is 32.1 Å². The quantitative estimate of drug-likeness (QED) is 0.695. The summed E-state index contributed by atoms with van der Waals surface area (Å²) in [4.78, 5) is 30.3. The summed E-state index contributed by atoms with van der Waals surface area (Å²) >= 11 is 0. The van der Waals surface area contributed by atoms with Crippen molar-refractivity contribution in [2.75, 3.05) is 13.1 Å². The van der Waals surface area contributed by atoms with E-state index in [1.807, 2.05) is 4.90 Å². The van der Waals surface area contributed by atoms with Gasteiger partial charge in [-0.2, -0.15) is 0 Å². The molecule has 1 amide bonds. The molecule has 2 aliphatic rings. The summed E-state index contributed by atoms with van der Waals surface area (Å²) in [5, 5.41) is 10.4. The van der Waals surface area contributed by atoms with Crippen LogP contribution in [-0.2, 0) is 28.9 Å². The fraction of sp³-hybridized carbons (Fsp3) is 0.696. The molecule has 1 aliphatic heterocycles. The number of unbranched alkanes of at least 4 members (excludes halogenated alkanes) is 2. The van der Waals surface area contributed by atoms with E-state index in [1.54, 1.807) is 0 Å².